The molecular weight excluding hydrogens is 399 g/mol. The topological polar surface area (TPSA) is 58.6 Å². The molecule has 26 heavy (non-hydrogen) atoms. The van der Waals surface area contributed by atoms with Crippen LogP contribution in [0.5, 0.6) is 5.75 Å². The van der Waals surface area contributed by atoms with Crippen LogP contribution in [0, 0.1) is 6.92 Å². The summed E-state index contributed by atoms with van der Waals surface area (Å²) >= 11 is 18.2. The maximum atomic E-state index is 12.8. The molecule has 3 rings (SSSR count). The predicted molar refractivity (Wildman–Crippen MR) is 103 cm³/mol. The van der Waals surface area contributed by atoms with Crippen molar-refractivity contribution in [3.63, 3.8) is 0 Å². The standard InChI is InChI=1S/C18H13Cl3N2O3/c1-9-3-6-14(26-2)12(7-9)22-16-15(21)17(24)23(18(16)25)13-8-10(19)4-5-11(13)20/h3-8,22H,1-2H3. The summed E-state index contributed by atoms with van der Waals surface area (Å²) in [5.74, 6) is -0.810. The summed E-state index contributed by atoms with van der Waals surface area (Å²) in [7, 11) is 1.51. The number of halogens is 3. The maximum absolute atomic E-state index is 12.8. The Bertz CT molecular complexity index is 957. The summed E-state index contributed by atoms with van der Waals surface area (Å²) in [6.07, 6.45) is 0. The van der Waals surface area contributed by atoms with E-state index in [0.717, 1.165) is 10.5 Å². The van der Waals surface area contributed by atoms with Gasteiger partial charge >= 0.3 is 0 Å². The number of aryl methyl sites for hydroxylation is 1. The first-order chi connectivity index (χ1) is 12.3. The van der Waals surface area contributed by atoms with Gasteiger partial charge in [-0.05, 0) is 42.8 Å². The highest BCUT2D eigenvalue weighted by Crippen LogP contribution is 2.37. The Morgan fingerprint density at radius 2 is 1.73 bits per heavy atom. The molecule has 0 saturated carbocycles. The zero-order chi connectivity index (χ0) is 19.0. The van der Waals surface area contributed by atoms with E-state index in [9.17, 15) is 9.59 Å². The molecular formula is C18H13Cl3N2O3. The van der Waals surface area contributed by atoms with Gasteiger partial charge in [0.05, 0.1) is 23.5 Å². The van der Waals surface area contributed by atoms with E-state index in [-0.39, 0.29) is 21.4 Å². The predicted octanol–water partition coefficient (Wildman–Crippen LogP) is 4.75. The average molecular weight is 412 g/mol. The Labute approximate surface area is 165 Å². The maximum Gasteiger partial charge on any atom is 0.283 e. The molecule has 1 aliphatic heterocycles. The second-order valence-electron chi connectivity index (χ2n) is 5.56. The first-order valence-corrected chi connectivity index (χ1v) is 8.62. The molecule has 0 spiro atoms. The molecule has 0 radical (unpaired) electrons. The third-order valence-corrected chi connectivity index (χ3v) is 4.70. The van der Waals surface area contributed by atoms with Crippen molar-refractivity contribution >= 4 is 58.0 Å². The number of carbonyl (C=O) groups excluding carboxylic acids is 2. The molecule has 1 aliphatic rings. The van der Waals surface area contributed by atoms with Crippen LogP contribution in [-0.4, -0.2) is 18.9 Å². The van der Waals surface area contributed by atoms with Crippen molar-refractivity contribution < 1.29 is 14.3 Å². The van der Waals surface area contributed by atoms with Crippen LogP contribution in [-0.2, 0) is 9.59 Å². The highest BCUT2D eigenvalue weighted by molar-refractivity contribution is 6.54. The van der Waals surface area contributed by atoms with Crippen LogP contribution in [0.4, 0.5) is 11.4 Å². The fraction of sp³-hybridized carbons (Fsp3) is 0.111. The number of rotatable bonds is 4. The van der Waals surface area contributed by atoms with Gasteiger partial charge in [0.15, 0.2) is 0 Å². The summed E-state index contributed by atoms with van der Waals surface area (Å²) in [5, 5.41) is 3.20. The van der Waals surface area contributed by atoms with Crippen molar-refractivity contribution in [2.75, 3.05) is 17.3 Å². The van der Waals surface area contributed by atoms with E-state index >= 15 is 0 Å². The van der Waals surface area contributed by atoms with Crippen LogP contribution in [0.15, 0.2) is 47.1 Å². The lowest BCUT2D eigenvalue weighted by atomic mass is 10.2. The van der Waals surface area contributed by atoms with Gasteiger partial charge in [-0.25, -0.2) is 4.90 Å². The lowest BCUT2D eigenvalue weighted by Crippen LogP contribution is -2.32. The Morgan fingerprint density at radius 3 is 2.42 bits per heavy atom. The molecule has 0 bridgehead atoms. The van der Waals surface area contributed by atoms with E-state index in [0.29, 0.717) is 16.5 Å². The minimum atomic E-state index is -0.685. The van der Waals surface area contributed by atoms with Crippen molar-refractivity contribution in [1.82, 2.24) is 0 Å². The van der Waals surface area contributed by atoms with Crippen molar-refractivity contribution in [2.45, 2.75) is 6.92 Å². The Kier molecular flexibility index (Phi) is 5.14. The first-order valence-electron chi connectivity index (χ1n) is 7.48. The fourth-order valence-corrected chi connectivity index (χ4v) is 3.12. The number of ether oxygens (including phenoxy) is 1. The molecule has 1 N–H and O–H groups in total. The lowest BCUT2D eigenvalue weighted by molar-refractivity contribution is -0.120. The minimum absolute atomic E-state index is 0.0587. The molecule has 1 heterocycles. The fourth-order valence-electron chi connectivity index (χ4n) is 2.54. The number of anilines is 2. The van der Waals surface area contributed by atoms with Gasteiger partial charge in [-0.2, -0.15) is 0 Å². The molecule has 2 aromatic rings. The number of carbonyl (C=O) groups is 2. The highest BCUT2D eigenvalue weighted by atomic mass is 35.5. The van der Waals surface area contributed by atoms with Crippen molar-refractivity contribution in [1.29, 1.82) is 0 Å². The van der Waals surface area contributed by atoms with Gasteiger partial charge in [0.1, 0.15) is 16.5 Å². The van der Waals surface area contributed by atoms with Crippen LogP contribution in [0.1, 0.15) is 5.56 Å². The summed E-state index contributed by atoms with van der Waals surface area (Å²) in [4.78, 5) is 26.3. The SMILES string of the molecule is COc1ccc(C)cc1NC1=C(Cl)C(=O)N(c2cc(Cl)ccc2Cl)C1=O. The molecule has 8 heteroatoms. The number of hydrogen-bond acceptors (Lipinski definition) is 4. The molecule has 0 atom stereocenters. The van der Waals surface area contributed by atoms with Gasteiger partial charge in [-0.1, -0.05) is 40.9 Å². The van der Waals surface area contributed by atoms with Gasteiger partial charge < -0.3 is 10.1 Å². The monoisotopic (exact) mass is 410 g/mol. The molecule has 134 valence electrons. The number of imide groups is 1. The Morgan fingerprint density at radius 1 is 1.00 bits per heavy atom. The lowest BCUT2D eigenvalue weighted by Gasteiger charge is -2.17. The molecule has 2 aromatic carbocycles. The molecule has 0 unspecified atom stereocenters. The van der Waals surface area contributed by atoms with Gasteiger partial charge in [0, 0.05) is 5.02 Å². The summed E-state index contributed by atoms with van der Waals surface area (Å²) in [5.41, 5.74) is 1.56. The van der Waals surface area contributed by atoms with E-state index in [1.165, 1.54) is 19.2 Å². The Balaban J connectivity index is 2.00. The van der Waals surface area contributed by atoms with E-state index in [4.69, 9.17) is 39.5 Å². The first kappa shape index (κ1) is 18.6. The molecule has 0 aromatic heterocycles. The molecule has 5 nitrogen and oxygen atoms in total. The Hall–Kier alpha value is -2.21. The van der Waals surface area contributed by atoms with Crippen LogP contribution < -0.4 is 15.0 Å². The number of benzene rings is 2. The second-order valence-corrected chi connectivity index (χ2v) is 6.78. The largest absolute Gasteiger partial charge is 0.495 e. The molecule has 2 amide bonds. The molecule has 0 saturated heterocycles. The van der Waals surface area contributed by atoms with E-state index in [1.54, 1.807) is 18.2 Å². The van der Waals surface area contributed by atoms with E-state index in [1.807, 2.05) is 13.0 Å². The van der Waals surface area contributed by atoms with Gasteiger partial charge in [0.2, 0.25) is 0 Å². The number of nitrogens with zero attached hydrogens (tertiary/aromatic N) is 1. The van der Waals surface area contributed by atoms with Gasteiger partial charge in [-0.3, -0.25) is 9.59 Å². The third-order valence-electron chi connectivity index (χ3n) is 3.79. The quantitative estimate of drug-likeness (QED) is 0.738. The highest BCUT2D eigenvalue weighted by Gasteiger charge is 2.40. The van der Waals surface area contributed by atoms with Crippen LogP contribution in [0.2, 0.25) is 10.0 Å². The second kappa shape index (κ2) is 7.19. The zero-order valence-electron chi connectivity index (χ0n) is 13.8. The number of methoxy groups -OCH3 is 1. The van der Waals surface area contributed by atoms with Crippen molar-refractivity contribution in [3.05, 3.63) is 62.7 Å². The van der Waals surface area contributed by atoms with Crippen molar-refractivity contribution in [3.8, 4) is 5.75 Å². The zero-order valence-corrected chi connectivity index (χ0v) is 16.0. The smallest absolute Gasteiger partial charge is 0.283 e. The van der Waals surface area contributed by atoms with E-state index in [2.05, 4.69) is 5.32 Å². The van der Waals surface area contributed by atoms with Crippen LogP contribution in [0.3, 0.4) is 0 Å². The normalized spacial score (nSPS) is 14.3. The number of hydrogen-bond donors (Lipinski definition) is 1. The molecule has 0 fully saturated rings. The van der Waals surface area contributed by atoms with Crippen molar-refractivity contribution in [2.24, 2.45) is 0 Å². The average Bonchev–Trinajstić information content (AvgIpc) is 2.81. The number of nitrogens with one attached hydrogen (secondary N) is 1. The minimum Gasteiger partial charge on any atom is -0.495 e. The van der Waals surface area contributed by atoms with Crippen LogP contribution in [0.25, 0.3) is 0 Å². The number of amides is 2. The van der Waals surface area contributed by atoms with E-state index < -0.39 is 11.8 Å². The van der Waals surface area contributed by atoms with Gasteiger partial charge in [0.25, 0.3) is 11.8 Å². The summed E-state index contributed by atoms with van der Waals surface area (Å²) < 4.78 is 5.28. The summed E-state index contributed by atoms with van der Waals surface area (Å²) in [6.45, 7) is 1.89. The third kappa shape index (κ3) is 3.26. The molecule has 0 aliphatic carbocycles. The summed E-state index contributed by atoms with van der Waals surface area (Å²) in [6, 6.07) is 9.88. The van der Waals surface area contributed by atoms with Gasteiger partial charge in [-0.15, -0.1) is 0 Å². The van der Waals surface area contributed by atoms with Crippen LogP contribution >= 0.6 is 34.8 Å².